The lowest BCUT2D eigenvalue weighted by Gasteiger charge is -2.38. The molecule has 7 heteroatoms. The van der Waals surface area contributed by atoms with Gasteiger partial charge in [0.1, 0.15) is 0 Å². The number of rotatable bonds is 2. The van der Waals surface area contributed by atoms with E-state index in [1.165, 1.54) is 0 Å². The Morgan fingerprint density at radius 1 is 1.37 bits per heavy atom. The Labute approximate surface area is 115 Å². The number of nitrogens with one attached hydrogen (secondary N) is 1. The van der Waals surface area contributed by atoms with Gasteiger partial charge in [-0.05, 0) is 14.0 Å². The van der Waals surface area contributed by atoms with Gasteiger partial charge in [0.15, 0.2) is 9.84 Å². The molecule has 2 aliphatic heterocycles. The van der Waals surface area contributed by atoms with Crippen molar-refractivity contribution in [1.29, 1.82) is 0 Å². The molecule has 2 atom stereocenters. The largest absolute Gasteiger partial charge is 0.340 e. The molecule has 1 N–H and O–H groups in total. The second-order valence-corrected chi connectivity index (χ2v) is 7.87. The number of nitrogens with zero attached hydrogens (tertiary/aromatic N) is 2. The van der Waals surface area contributed by atoms with Crippen LogP contribution in [0.5, 0.6) is 0 Å². The minimum absolute atomic E-state index is 0.0644. The molecule has 0 saturated carbocycles. The minimum atomic E-state index is -2.97. The number of hydrogen-bond acceptors (Lipinski definition) is 5. The van der Waals surface area contributed by atoms with Gasteiger partial charge in [0, 0.05) is 44.7 Å². The smallest absolute Gasteiger partial charge is 0.224 e. The van der Waals surface area contributed by atoms with Crippen LogP contribution < -0.4 is 5.32 Å². The third-order valence-electron chi connectivity index (χ3n) is 4.03. The summed E-state index contributed by atoms with van der Waals surface area (Å²) in [5.41, 5.74) is 0. The summed E-state index contributed by atoms with van der Waals surface area (Å²) in [7, 11) is -0.912. The number of hydrogen-bond donors (Lipinski definition) is 1. The maximum absolute atomic E-state index is 12.2. The van der Waals surface area contributed by atoms with Gasteiger partial charge in [0.25, 0.3) is 0 Å². The summed E-state index contributed by atoms with van der Waals surface area (Å²) in [4.78, 5) is 16.3. The van der Waals surface area contributed by atoms with Crippen molar-refractivity contribution in [3.05, 3.63) is 0 Å². The third-order valence-corrected chi connectivity index (χ3v) is 5.77. The lowest BCUT2D eigenvalue weighted by Crippen LogP contribution is -2.54. The van der Waals surface area contributed by atoms with Gasteiger partial charge in [-0.2, -0.15) is 0 Å². The van der Waals surface area contributed by atoms with E-state index in [1.54, 1.807) is 0 Å². The Hall–Kier alpha value is -0.660. The van der Waals surface area contributed by atoms with Crippen LogP contribution in [-0.4, -0.2) is 80.9 Å². The quantitative estimate of drug-likeness (QED) is 0.701. The number of sulfone groups is 1. The maximum Gasteiger partial charge on any atom is 0.224 e. The number of carbonyl (C=O) groups is 1. The fourth-order valence-electron chi connectivity index (χ4n) is 2.61. The molecule has 0 aromatic carbocycles. The molecule has 2 rings (SSSR count). The van der Waals surface area contributed by atoms with Crippen molar-refractivity contribution in [3.8, 4) is 0 Å². The standard InChI is InChI=1S/C12H23N3O3S/c1-10-8-15(5-4-14(10)2)12(16)7-11-9-19(17,18)6-3-13-11/h10-11,13H,3-9H2,1-2H3. The first kappa shape index (κ1) is 14.7. The molecule has 0 bridgehead atoms. The Balaban J connectivity index is 1.87. The Kier molecular flexibility index (Phi) is 4.47. The zero-order valence-electron chi connectivity index (χ0n) is 11.6. The van der Waals surface area contributed by atoms with E-state index >= 15 is 0 Å². The second-order valence-electron chi connectivity index (χ2n) is 5.64. The molecule has 110 valence electrons. The van der Waals surface area contributed by atoms with Crippen LogP contribution in [0.4, 0.5) is 0 Å². The SMILES string of the molecule is CC1CN(C(=O)CC2CS(=O)(=O)CCN2)CCN1C. The zero-order chi connectivity index (χ0) is 14.0. The highest BCUT2D eigenvalue weighted by atomic mass is 32.2. The van der Waals surface area contributed by atoms with Crippen molar-refractivity contribution in [3.63, 3.8) is 0 Å². The first-order chi connectivity index (χ1) is 8.87. The Morgan fingerprint density at radius 2 is 2.11 bits per heavy atom. The fourth-order valence-corrected chi connectivity index (χ4v) is 4.06. The molecular formula is C12H23N3O3S. The van der Waals surface area contributed by atoms with Crippen molar-refractivity contribution in [2.75, 3.05) is 44.7 Å². The summed E-state index contributed by atoms with van der Waals surface area (Å²) in [5.74, 6) is 0.334. The summed E-state index contributed by atoms with van der Waals surface area (Å²) >= 11 is 0. The van der Waals surface area contributed by atoms with E-state index in [-0.39, 0.29) is 29.9 Å². The summed E-state index contributed by atoms with van der Waals surface area (Å²) in [6.45, 7) is 4.90. The fraction of sp³-hybridized carbons (Fsp3) is 0.917. The zero-order valence-corrected chi connectivity index (χ0v) is 12.4. The lowest BCUT2D eigenvalue weighted by molar-refractivity contribution is -0.134. The lowest BCUT2D eigenvalue weighted by atomic mass is 10.1. The van der Waals surface area contributed by atoms with Crippen LogP contribution in [0.25, 0.3) is 0 Å². The van der Waals surface area contributed by atoms with Crippen LogP contribution in [0.1, 0.15) is 13.3 Å². The van der Waals surface area contributed by atoms with Gasteiger partial charge in [-0.3, -0.25) is 4.79 Å². The summed E-state index contributed by atoms with van der Waals surface area (Å²) in [5, 5.41) is 3.13. The van der Waals surface area contributed by atoms with Gasteiger partial charge in [-0.25, -0.2) is 8.42 Å². The Bertz CT molecular complexity index is 438. The average Bonchev–Trinajstić information content (AvgIpc) is 2.31. The number of carbonyl (C=O) groups excluding carboxylic acids is 1. The van der Waals surface area contributed by atoms with Crippen molar-refractivity contribution < 1.29 is 13.2 Å². The molecule has 0 spiro atoms. The molecule has 1 amide bonds. The van der Waals surface area contributed by atoms with Crippen molar-refractivity contribution in [2.24, 2.45) is 0 Å². The Morgan fingerprint density at radius 3 is 2.74 bits per heavy atom. The first-order valence-electron chi connectivity index (χ1n) is 6.79. The summed E-state index contributed by atoms with van der Waals surface area (Å²) < 4.78 is 23.1. The van der Waals surface area contributed by atoms with Crippen LogP contribution in [0.2, 0.25) is 0 Å². The minimum Gasteiger partial charge on any atom is -0.340 e. The van der Waals surface area contributed by atoms with E-state index in [1.807, 2.05) is 4.90 Å². The molecule has 0 aliphatic carbocycles. The maximum atomic E-state index is 12.2. The molecule has 0 aromatic rings. The van der Waals surface area contributed by atoms with Crippen molar-refractivity contribution in [2.45, 2.75) is 25.4 Å². The predicted molar refractivity (Wildman–Crippen MR) is 73.7 cm³/mol. The van der Waals surface area contributed by atoms with Crippen LogP contribution in [-0.2, 0) is 14.6 Å². The highest BCUT2D eigenvalue weighted by molar-refractivity contribution is 7.91. The summed E-state index contributed by atoms with van der Waals surface area (Å²) in [6.07, 6.45) is 0.287. The van der Waals surface area contributed by atoms with Crippen molar-refractivity contribution >= 4 is 15.7 Å². The molecule has 0 aromatic heterocycles. The van der Waals surface area contributed by atoms with Gasteiger partial charge >= 0.3 is 0 Å². The first-order valence-corrected chi connectivity index (χ1v) is 8.61. The van der Waals surface area contributed by atoms with Crippen LogP contribution in [0, 0.1) is 0 Å². The molecule has 2 heterocycles. The van der Waals surface area contributed by atoms with Crippen LogP contribution in [0.3, 0.4) is 0 Å². The van der Waals surface area contributed by atoms with Gasteiger partial charge in [0.2, 0.25) is 5.91 Å². The van der Waals surface area contributed by atoms with Gasteiger partial charge in [-0.15, -0.1) is 0 Å². The van der Waals surface area contributed by atoms with E-state index in [0.29, 0.717) is 12.6 Å². The van der Waals surface area contributed by atoms with Crippen molar-refractivity contribution in [1.82, 2.24) is 15.1 Å². The molecular weight excluding hydrogens is 266 g/mol. The van der Waals surface area contributed by atoms with Crippen LogP contribution >= 0.6 is 0 Å². The second kappa shape index (κ2) is 5.76. The van der Waals surface area contributed by atoms with E-state index < -0.39 is 9.84 Å². The number of amides is 1. The molecule has 19 heavy (non-hydrogen) atoms. The summed E-state index contributed by atoms with van der Waals surface area (Å²) in [6, 6.07) is 0.141. The van der Waals surface area contributed by atoms with E-state index in [9.17, 15) is 13.2 Å². The normalized spacial score (nSPS) is 32.2. The number of piperazine rings is 1. The molecule has 6 nitrogen and oxygen atoms in total. The number of likely N-dealkylation sites (N-methyl/N-ethyl adjacent to an activating group) is 1. The van der Waals surface area contributed by atoms with Gasteiger partial charge in [-0.1, -0.05) is 0 Å². The molecule has 0 radical (unpaired) electrons. The highest BCUT2D eigenvalue weighted by Crippen LogP contribution is 2.11. The van der Waals surface area contributed by atoms with Gasteiger partial charge in [0.05, 0.1) is 11.5 Å². The highest BCUT2D eigenvalue weighted by Gasteiger charge is 2.29. The van der Waals surface area contributed by atoms with Crippen LogP contribution in [0.15, 0.2) is 0 Å². The van der Waals surface area contributed by atoms with E-state index in [0.717, 1.165) is 19.6 Å². The van der Waals surface area contributed by atoms with E-state index in [2.05, 4.69) is 24.2 Å². The topological polar surface area (TPSA) is 69.7 Å². The molecule has 2 unspecified atom stereocenters. The monoisotopic (exact) mass is 289 g/mol. The molecule has 2 aliphatic rings. The van der Waals surface area contributed by atoms with Gasteiger partial charge < -0.3 is 15.1 Å². The van der Waals surface area contributed by atoms with E-state index in [4.69, 9.17) is 0 Å². The predicted octanol–water partition coefficient (Wildman–Crippen LogP) is -1.07. The third kappa shape index (κ3) is 3.90. The molecule has 2 saturated heterocycles. The molecule has 2 fully saturated rings. The average molecular weight is 289 g/mol.